The van der Waals surface area contributed by atoms with Gasteiger partial charge in [-0.2, -0.15) is 0 Å². The number of ether oxygens (including phenoxy) is 2. The molecule has 1 aromatic heterocycles. The number of nitrogens with zero attached hydrogens (tertiary/aromatic N) is 3. The van der Waals surface area contributed by atoms with Crippen LogP contribution in [0.25, 0.3) is 10.9 Å². The molecule has 7 nitrogen and oxygen atoms in total. The molecule has 1 fully saturated rings. The lowest BCUT2D eigenvalue weighted by atomic mass is 9.90. The molecule has 0 bridgehead atoms. The molecule has 34 heavy (non-hydrogen) atoms. The van der Waals surface area contributed by atoms with E-state index in [9.17, 15) is 4.79 Å². The molecular formula is C27H30N4O3. The molecule has 0 saturated carbocycles. The van der Waals surface area contributed by atoms with Gasteiger partial charge in [-0.05, 0) is 49.4 Å². The Kier molecular flexibility index (Phi) is 6.34. The summed E-state index contributed by atoms with van der Waals surface area (Å²) in [5.41, 5.74) is 3.43. The van der Waals surface area contributed by atoms with Crippen molar-refractivity contribution >= 4 is 34.2 Å². The van der Waals surface area contributed by atoms with Gasteiger partial charge in [0.1, 0.15) is 23.5 Å². The Morgan fingerprint density at radius 1 is 1.32 bits per heavy atom. The van der Waals surface area contributed by atoms with Crippen LogP contribution in [0.3, 0.4) is 0 Å². The molecule has 1 amide bonds. The molecule has 1 saturated heterocycles. The first-order chi connectivity index (χ1) is 16.3. The molecule has 4 rings (SSSR count). The largest absolute Gasteiger partial charge is 0.494 e. The van der Waals surface area contributed by atoms with E-state index in [2.05, 4.69) is 42.0 Å². The third-order valence-electron chi connectivity index (χ3n) is 6.36. The van der Waals surface area contributed by atoms with E-state index in [4.69, 9.17) is 15.9 Å². The fourth-order valence-electron chi connectivity index (χ4n) is 4.59. The fraction of sp³-hybridized carbons (Fsp3) is 0.370. The van der Waals surface area contributed by atoms with E-state index in [0.29, 0.717) is 35.2 Å². The van der Waals surface area contributed by atoms with Crippen molar-refractivity contribution in [1.82, 2.24) is 9.97 Å². The number of carbonyl (C=O) groups excluding carboxylic acids is 1. The second kappa shape index (κ2) is 9.22. The van der Waals surface area contributed by atoms with Crippen molar-refractivity contribution in [2.45, 2.75) is 46.1 Å². The smallest absolute Gasteiger partial charge is 0.415 e. The zero-order valence-corrected chi connectivity index (χ0v) is 20.3. The molecule has 3 aromatic rings. The molecule has 1 aliphatic heterocycles. The van der Waals surface area contributed by atoms with Crippen LogP contribution in [0.15, 0.2) is 36.7 Å². The maximum Gasteiger partial charge on any atom is 0.415 e. The Labute approximate surface area is 200 Å². The standard InChI is InChI=1S/C27H30N4O3/c1-7-19-10-9-11-21(18(19)5)30-25-20-12-23(24(33-6)13-22(20)28-16-29-25)31-15-27(8-2,14-17(3)4)34-26(31)32/h1,9-13,16-17H,8,14-15H2,2-6H3,(H,28,29,30). The lowest BCUT2D eigenvalue weighted by Gasteiger charge is -2.27. The predicted molar refractivity (Wildman–Crippen MR) is 135 cm³/mol. The zero-order chi connectivity index (χ0) is 24.5. The second-order valence-corrected chi connectivity index (χ2v) is 9.10. The zero-order valence-electron chi connectivity index (χ0n) is 20.3. The van der Waals surface area contributed by atoms with Gasteiger partial charge < -0.3 is 14.8 Å². The number of amides is 1. The van der Waals surface area contributed by atoms with E-state index >= 15 is 0 Å². The van der Waals surface area contributed by atoms with Gasteiger partial charge in [-0.15, -0.1) is 6.42 Å². The van der Waals surface area contributed by atoms with Crippen molar-refractivity contribution < 1.29 is 14.3 Å². The van der Waals surface area contributed by atoms with Crippen molar-refractivity contribution in [3.05, 3.63) is 47.8 Å². The topological polar surface area (TPSA) is 76.6 Å². The molecule has 0 spiro atoms. The Morgan fingerprint density at radius 2 is 2.12 bits per heavy atom. The maximum absolute atomic E-state index is 13.0. The minimum Gasteiger partial charge on any atom is -0.494 e. The summed E-state index contributed by atoms with van der Waals surface area (Å²) in [4.78, 5) is 23.6. The molecule has 2 aromatic carbocycles. The van der Waals surface area contributed by atoms with E-state index in [-0.39, 0.29) is 6.09 Å². The molecule has 1 unspecified atom stereocenters. The first kappa shape index (κ1) is 23.4. The van der Waals surface area contributed by atoms with E-state index in [1.54, 1.807) is 12.0 Å². The molecule has 0 aliphatic carbocycles. The summed E-state index contributed by atoms with van der Waals surface area (Å²) in [6.45, 7) is 8.75. The third-order valence-corrected chi connectivity index (χ3v) is 6.36. The van der Waals surface area contributed by atoms with Gasteiger partial charge >= 0.3 is 6.09 Å². The SMILES string of the molecule is C#Cc1cccc(Nc2ncnc3cc(OC)c(N4CC(CC)(CC(C)C)OC4=O)cc23)c1C. The Bertz CT molecular complexity index is 1280. The Balaban J connectivity index is 1.79. The molecule has 1 aliphatic rings. The monoisotopic (exact) mass is 458 g/mol. The normalized spacial score (nSPS) is 17.7. The quantitative estimate of drug-likeness (QED) is 0.449. The summed E-state index contributed by atoms with van der Waals surface area (Å²) >= 11 is 0. The van der Waals surface area contributed by atoms with Gasteiger partial charge in [-0.3, -0.25) is 4.90 Å². The van der Waals surface area contributed by atoms with Gasteiger partial charge in [0.2, 0.25) is 0 Å². The van der Waals surface area contributed by atoms with Gasteiger partial charge in [0, 0.05) is 22.7 Å². The summed E-state index contributed by atoms with van der Waals surface area (Å²) < 4.78 is 11.6. The number of nitrogens with one attached hydrogen (secondary N) is 1. The number of methoxy groups -OCH3 is 1. The number of hydrogen-bond acceptors (Lipinski definition) is 6. The van der Waals surface area contributed by atoms with Gasteiger partial charge in [0.15, 0.2) is 0 Å². The summed E-state index contributed by atoms with van der Waals surface area (Å²) in [7, 11) is 1.59. The van der Waals surface area contributed by atoms with Crippen molar-refractivity contribution in [2.24, 2.45) is 5.92 Å². The van der Waals surface area contributed by atoms with Crippen LogP contribution < -0.4 is 15.0 Å². The predicted octanol–water partition coefficient (Wildman–Crippen LogP) is 5.82. The van der Waals surface area contributed by atoms with Crippen LogP contribution in [0.2, 0.25) is 0 Å². The highest BCUT2D eigenvalue weighted by Crippen LogP contribution is 2.41. The Hall–Kier alpha value is -3.79. The average molecular weight is 459 g/mol. The van der Waals surface area contributed by atoms with Gasteiger partial charge in [-0.25, -0.2) is 14.8 Å². The van der Waals surface area contributed by atoms with Crippen LogP contribution in [-0.2, 0) is 4.74 Å². The Morgan fingerprint density at radius 3 is 2.79 bits per heavy atom. The number of cyclic esters (lactones) is 1. The molecular weight excluding hydrogens is 428 g/mol. The number of anilines is 3. The van der Waals surface area contributed by atoms with E-state index in [1.807, 2.05) is 37.3 Å². The van der Waals surface area contributed by atoms with Gasteiger partial charge in [0.25, 0.3) is 0 Å². The number of terminal acetylenes is 1. The summed E-state index contributed by atoms with van der Waals surface area (Å²) in [6, 6.07) is 9.47. The van der Waals surface area contributed by atoms with Crippen molar-refractivity contribution in [3.63, 3.8) is 0 Å². The average Bonchev–Trinajstić information content (AvgIpc) is 3.15. The molecule has 0 radical (unpaired) electrons. The highest BCUT2D eigenvalue weighted by molar-refractivity contribution is 6.00. The third kappa shape index (κ3) is 4.24. The highest BCUT2D eigenvalue weighted by Gasteiger charge is 2.45. The van der Waals surface area contributed by atoms with Crippen LogP contribution in [0.4, 0.5) is 22.0 Å². The molecule has 1 N–H and O–H groups in total. The van der Waals surface area contributed by atoms with Gasteiger partial charge in [-0.1, -0.05) is 32.8 Å². The van der Waals surface area contributed by atoms with Crippen LogP contribution in [-0.4, -0.2) is 35.3 Å². The van der Waals surface area contributed by atoms with Crippen molar-refractivity contribution in [3.8, 4) is 18.1 Å². The van der Waals surface area contributed by atoms with E-state index < -0.39 is 5.60 Å². The minimum atomic E-state index is -0.522. The molecule has 7 heteroatoms. The number of aromatic nitrogens is 2. The molecule has 176 valence electrons. The number of carbonyl (C=O) groups is 1. The van der Waals surface area contributed by atoms with E-state index in [0.717, 1.165) is 35.0 Å². The lowest BCUT2D eigenvalue weighted by molar-refractivity contribution is 0.0363. The lowest BCUT2D eigenvalue weighted by Crippen LogP contribution is -2.35. The van der Waals surface area contributed by atoms with Crippen LogP contribution >= 0.6 is 0 Å². The van der Waals surface area contributed by atoms with Crippen LogP contribution in [0.5, 0.6) is 5.75 Å². The number of hydrogen-bond donors (Lipinski definition) is 1. The minimum absolute atomic E-state index is 0.371. The first-order valence-corrected chi connectivity index (χ1v) is 11.5. The van der Waals surface area contributed by atoms with Crippen LogP contribution in [0.1, 0.15) is 44.7 Å². The second-order valence-electron chi connectivity index (χ2n) is 9.10. The number of rotatable bonds is 7. The van der Waals surface area contributed by atoms with Gasteiger partial charge in [0.05, 0.1) is 24.9 Å². The van der Waals surface area contributed by atoms with Crippen LogP contribution in [0, 0.1) is 25.2 Å². The summed E-state index contributed by atoms with van der Waals surface area (Å²) in [6.07, 6.45) is 8.30. The first-order valence-electron chi connectivity index (χ1n) is 11.5. The molecule has 1 atom stereocenters. The van der Waals surface area contributed by atoms with E-state index in [1.165, 1.54) is 6.33 Å². The fourth-order valence-corrected chi connectivity index (χ4v) is 4.59. The number of fused-ring (bicyclic) bond motifs is 1. The highest BCUT2D eigenvalue weighted by atomic mass is 16.6. The maximum atomic E-state index is 13.0. The molecule has 2 heterocycles. The number of benzene rings is 2. The van der Waals surface area contributed by atoms with Crippen molar-refractivity contribution in [1.29, 1.82) is 0 Å². The summed E-state index contributed by atoms with van der Waals surface area (Å²) in [5.74, 6) is 4.27. The summed E-state index contributed by atoms with van der Waals surface area (Å²) in [5, 5.41) is 4.15. The van der Waals surface area contributed by atoms with Crippen molar-refractivity contribution in [2.75, 3.05) is 23.9 Å².